The zero-order valence-corrected chi connectivity index (χ0v) is 15.5. The van der Waals surface area contributed by atoms with Gasteiger partial charge in [-0.3, -0.25) is 0 Å². The van der Waals surface area contributed by atoms with Gasteiger partial charge in [0.2, 0.25) is 0 Å². The number of phenolic OH excluding ortho intramolecular Hbond substituents is 1. The summed E-state index contributed by atoms with van der Waals surface area (Å²) in [6.07, 6.45) is 5.77. The fourth-order valence-electron chi connectivity index (χ4n) is 4.30. The first-order valence-electron chi connectivity index (χ1n) is 9.39. The molecule has 1 aromatic carbocycles. The Kier molecular flexibility index (Phi) is 5.12. The van der Waals surface area contributed by atoms with Crippen LogP contribution >= 0.6 is 0 Å². The van der Waals surface area contributed by atoms with Crippen LogP contribution in [0.1, 0.15) is 63.5 Å². The van der Waals surface area contributed by atoms with Crippen LogP contribution in [-0.4, -0.2) is 33.6 Å². The average molecular weight is 346 g/mol. The van der Waals surface area contributed by atoms with E-state index in [-0.39, 0.29) is 35.9 Å². The molecule has 0 amide bonds. The summed E-state index contributed by atoms with van der Waals surface area (Å²) in [4.78, 5) is 0. The number of aliphatic hydroxyl groups excluding tert-OH is 2. The highest BCUT2D eigenvalue weighted by Gasteiger charge is 2.45. The molecular formula is C21H30O4. The topological polar surface area (TPSA) is 69.9 Å². The molecule has 2 unspecified atom stereocenters. The molecule has 0 saturated carbocycles. The van der Waals surface area contributed by atoms with Crippen molar-refractivity contribution in [1.82, 2.24) is 0 Å². The maximum atomic E-state index is 10.7. The number of hydrogen-bond donors (Lipinski definition) is 3. The van der Waals surface area contributed by atoms with Gasteiger partial charge in [-0.05, 0) is 69.2 Å². The van der Waals surface area contributed by atoms with Crippen molar-refractivity contribution in [2.24, 2.45) is 5.92 Å². The summed E-state index contributed by atoms with van der Waals surface area (Å²) in [7, 11) is 0. The summed E-state index contributed by atoms with van der Waals surface area (Å²) >= 11 is 0. The molecule has 0 fully saturated rings. The Morgan fingerprint density at radius 3 is 2.76 bits per heavy atom. The standard InChI is InChI=1S/C21H30O4/c1-4-15(23)7-5-13-10-18(24)20-16-9-14(12-22)6-8-17(16)21(2,3)25-19(20)11-13/h9-11,15-17,22-24H,4-8,12H2,1-3H3/t15?,16?,17-/m1/s1. The highest BCUT2D eigenvalue weighted by Crippen LogP contribution is 2.53. The van der Waals surface area contributed by atoms with Gasteiger partial charge in [0.05, 0.1) is 12.7 Å². The third kappa shape index (κ3) is 3.56. The molecule has 4 nitrogen and oxygen atoms in total. The van der Waals surface area contributed by atoms with Gasteiger partial charge in [-0.15, -0.1) is 0 Å². The van der Waals surface area contributed by atoms with E-state index < -0.39 is 0 Å². The van der Waals surface area contributed by atoms with E-state index in [1.807, 2.05) is 13.0 Å². The van der Waals surface area contributed by atoms with E-state index in [2.05, 4.69) is 19.9 Å². The number of allylic oxidation sites excluding steroid dienone is 1. The van der Waals surface area contributed by atoms with Crippen molar-refractivity contribution in [2.45, 2.75) is 70.5 Å². The molecule has 0 radical (unpaired) electrons. The normalized spacial score (nSPS) is 25.4. The van der Waals surface area contributed by atoms with Crippen LogP contribution in [0.2, 0.25) is 0 Å². The summed E-state index contributed by atoms with van der Waals surface area (Å²) in [5, 5.41) is 30.0. The number of rotatable bonds is 5. The molecule has 0 saturated heterocycles. The van der Waals surface area contributed by atoms with Gasteiger partial charge in [0.15, 0.2) is 0 Å². The molecule has 0 bridgehead atoms. The number of hydrogen-bond acceptors (Lipinski definition) is 4. The van der Waals surface area contributed by atoms with Gasteiger partial charge < -0.3 is 20.1 Å². The first-order chi connectivity index (χ1) is 11.9. The molecule has 1 aliphatic carbocycles. The number of benzene rings is 1. The lowest BCUT2D eigenvalue weighted by Crippen LogP contribution is -2.45. The van der Waals surface area contributed by atoms with Gasteiger partial charge in [0.1, 0.15) is 17.1 Å². The summed E-state index contributed by atoms with van der Waals surface area (Å²) in [5.41, 5.74) is 2.55. The number of ether oxygens (including phenoxy) is 1. The smallest absolute Gasteiger partial charge is 0.127 e. The molecule has 1 heterocycles. The van der Waals surface area contributed by atoms with Gasteiger partial charge in [-0.1, -0.05) is 13.0 Å². The van der Waals surface area contributed by atoms with E-state index in [9.17, 15) is 15.3 Å². The third-order valence-electron chi connectivity index (χ3n) is 5.85. The minimum atomic E-state index is -0.316. The van der Waals surface area contributed by atoms with Crippen LogP contribution in [0.25, 0.3) is 0 Å². The monoisotopic (exact) mass is 346 g/mol. The van der Waals surface area contributed by atoms with Crippen molar-refractivity contribution < 1.29 is 20.1 Å². The van der Waals surface area contributed by atoms with Gasteiger partial charge in [-0.25, -0.2) is 0 Å². The Morgan fingerprint density at radius 2 is 2.08 bits per heavy atom. The largest absolute Gasteiger partial charge is 0.507 e. The SMILES string of the molecule is CCC(O)CCc1cc(O)c2c(c1)OC(C)(C)[C@@H]1CCC(CO)=CC21. The second-order valence-corrected chi connectivity index (χ2v) is 7.99. The molecule has 1 aromatic rings. The number of phenols is 1. The van der Waals surface area contributed by atoms with Crippen molar-refractivity contribution in [3.8, 4) is 11.5 Å². The van der Waals surface area contributed by atoms with Crippen molar-refractivity contribution in [1.29, 1.82) is 0 Å². The summed E-state index contributed by atoms with van der Waals surface area (Å²) < 4.78 is 6.30. The zero-order valence-electron chi connectivity index (χ0n) is 15.5. The van der Waals surface area contributed by atoms with Crippen LogP contribution in [0.4, 0.5) is 0 Å². The number of aliphatic hydroxyl groups is 2. The summed E-state index contributed by atoms with van der Waals surface area (Å²) in [6.45, 7) is 6.26. The van der Waals surface area contributed by atoms with E-state index in [1.165, 1.54) is 0 Å². The lowest BCUT2D eigenvalue weighted by molar-refractivity contribution is 0.0100. The third-order valence-corrected chi connectivity index (χ3v) is 5.85. The minimum Gasteiger partial charge on any atom is -0.507 e. The van der Waals surface area contributed by atoms with E-state index >= 15 is 0 Å². The molecule has 25 heavy (non-hydrogen) atoms. The van der Waals surface area contributed by atoms with Crippen LogP contribution in [0.3, 0.4) is 0 Å². The van der Waals surface area contributed by atoms with Crippen LogP contribution in [-0.2, 0) is 6.42 Å². The van der Waals surface area contributed by atoms with Gasteiger partial charge >= 0.3 is 0 Å². The molecule has 138 valence electrons. The van der Waals surface area contributed by atoms with Crippen LogP contribution in [0.15, 0.2) is 23.8 Å². The second kappa shape index (κ2) is 7.00. The molecule has 0 aromatic heterocycles. The fraction of sp³-hybridized carbons (Fsp3) is 0.619. The molecule has 3 atom stereocenters. The predicted molar refractivity (Wildman–Crippen MR) is 98.1 cm³/mol. The maximum Gasteiger partial charge on any atom is 0.127 e. The van der Waals surface area contributed by atoms with Crippen molar-refractivity contribution in [2.75, 3.05) is 6.61 Å². The van der Waals surface area contributed by atoms with Gasteiger partial charge in [-0.2, -0.15) is 0 Å². The van der Waals surface area contributed by atoms with Crippen molar-refractivity contribution >= 4 is 0 Å². The molecule has 3 rings (SSSR count). The maximum absolute atomic E-state index is 10.7. The predicted octanol–water partition coefficient (Wildman–Crippen LogP) is 3.68. The Bertz CT molecular complexity index is 662. The molecule has 3 N–H and O–H groups in total. The molecule has 1 aliphatic heterocycles. The second-order valence-electron chi connectivity index (χ2n) is 7.99. The first kappa shape index (κ1) is 18.3. The fourth-order valence-corrected chi connectivity index (χ4v) is 4.30. The van der Waals surface area contributed by atoms with Crippen molar-refractivity contribution in [3.05, 3.63) is 34.9 Å². The highest BCUT2D eigenvalue weighted by atomic mass is 16.5. The van der Waals surface area contributed by atoms with Gasteiger partial charge in [0.25, 0.3) is 0 Å². The summed E-state index contributed by atoms with van der Waals surface area (Å²) in [6, 6.07) is 3.82. The Balaban J connectivity index is 1.97. The van der Waals surface area contributed by atoms with E-state index in [0.717, 1.165) is 41.7 Å². The first-order valence-corrected chi connectivity index (χ1v) is 9.39. The Morgan fingerprint density at radius 1 is 1.32 bits per heavy atom. The Labute approximate surface area is 150 Å². The zero-order chi connectivity index (χ0) is 18.2. The van der Waals surface area contributed by atoms with E-state index in [1.54, 1.807) is 6.07 Å². The lowest BCUT2D eigenvalue weighted by Gasteiger charge is -2.46. The summed E-state index contributed by atoms with van der Waals surface area (Å²) in [5.74, 6) is 1.36. The van der Waals surface area contributed by atoms with E-state index in [4.69, 9.17) is 4.74 Å². The molecular weight excluding hydrogens is 316 g/mol. The number of aryl methyl sites for hydroxylation is 1. The Hall–Kier alpha value is -1.52. The van der Waals surface area contributed by atoms with Crippen LogP contribution in [0.5, 0.6) is 11.5 Å². The minimum absolute atomic E-state index is 0.0740. The lowest BCUT2D eigenvalue weighted by atomic mass is 9.68. The van der Waals surface area contributed by atoms with Crippen LogP contribution in [0, 0.1) is 5.92 Å². The van der Waals surface area contributed by atoms with Crippen LogP contribution < -0.4 is 4.74 Å². The number of aromatic hydroxyl groups is 1. The molecule has 2 aliphatic rings. The van der Waals surface area contributed by atoms with E-state index in [0.29, 0.717) is 12.8 Å². The number of fused-ring (bicyclic) bond motifs is 3. The van der Waals surface area contributed by atoms with Gasteiger partial charge in [0, 0.05) is 17.4 Å². The molecule has 0 spiro atoms. The molecule has 4 heteroatoms. The quantitative estimate of drug-likeness (QED) is 0.711. The average Bonchev–Trinajstić information content (AvgIpc) is 2.58. The van der Waals surface area contributed by atoms with Crippen molar-refractivity contribution in [3.63, 3.8) is 0 Å². The highest BCUT2D eigenvalue weighted by molar-refractivity contribution is 5.54.